The van der Waals surface area contributed by atoms with E-state index >= 15 is 0 Å². The minimum Gasteiger partial charge on any atom is -0.307 e. The number of hydrogen-bond acceptors (Lipinski definition) is 1. The van der Waals surface area contributed by atoms with E-state index in [2.05, 4.69) is 13.2 Å². The summed E-state index contributed by atoms with van der Waals surface area (Å²) >= 11 is 0. The van der Waals surface area contributed by atoms with Crippen molar-refractivity contribution in [1.82, 2.24) is 0 Å². The van der Waals surface area contributed by atoms with Crippen molar-refractivity contribution in [1.29, 1.82) is 0 Å². The summed E-state index contributed by atoms with van der Waals surface area (Å²) in [6, 6.07) is 0. The van der Waals surface area contributed by atoms with E-state index in [1.165, 1.54) is 18.3 Å². The van der Waals surface area contributed by atoms with Crippen molar-refractivity contribution in [2.45, 2.75) is 25.7 Å². The van der Waals surface area contributed by atoms with Gasteiger partial charge in [0.05, 0.1) is 0 Å². The Kier molecular flexibility index (Phi) is 4.91. The Bertz CT molecular complexity index is 80.7. The van der Waals surface area contributed by atoms with E-state index < -0.39 is 0 Å². The van der Waals surface area contributed by atoms with E-state index in [0.29, 0.717) is 0 Å². The zero-order valence-corrected chi connectivity index (χ0v) is 6.51. The topological polar surface area (TPSA) is 17.1 Å². The molecule has 0 aromatic rings. The summed E-state index contributed by atoms with van der Waals surface area (Å²) in [4.78, 5) is 8.00. The maximum Gasteiger partial charge on any atom is 0.106 e. The summed E-state index contributed by atoms with van der Waals surface area (Å²) in [6.07, 6.45) is 6.24. The number of carbonyl (C=O) groups is 1. The Hall–Kier alpha value is -0.590. The molecule has 2 aliphatic rings. The number of rotatable bonds is 0. The third-order valence-corrected chi connectivity index (χ3v) is 2.22. The molecule has 10 heavy (non-hydrogen) atoms. The largest absolute Gasteiger partial charge is 0.307 e. The van der Waals surface area contributed by atoms with Crippen LogP contribution in [0.3, 0.4) is 0 Å². The molecule has 1 nitrogen and oxygen atoms in total. The highest BCUT2D eigenvalue weighted by Gasteiger charge is 2.40. The second kappa shape index (κ2) is 5.21. The van der Waals surface area contributed by atoms with Crippen LogP contribution in [-0.2, 0) is 4.79 Å². The van der Waals surface area contributed by atoms with E-state index in [1.54, 1.807) is 19.3 Å². The van der Waals surface area contributed by atoms with Gasteiger partial charge in [0, 0.05) is 0 Å². The predicted octanol–water partition coefficient (Wildman–Crippen LogP) is 2.42. The Morgan fingerprint density at radius 2 is 1.40 bits per heavy atom. The second-order valence-corrected chi connectivity index (χ2v) is 2.69. The van der Waals surface area contributed by atoms with Crippen LogP contribution in [0, 0.1) is 11.8 Å². The fourth-order valence-electron chi connectivity index (χ4n) is 1.66. The molecule has 58 valence electrons. The fourth-order valence-corrected chi connectivity index (χ4v) is 1.66. The van der Waals surface area contributed by atoms with Crippen LogP contribution in [0.15, 0.2) is 13.2 Å². The first-order valence-electron chi connectivity index (χ1n) is 3.76. The van der Waals surface area contributed by atoms with Crippen molar-refractivity contribution >= 4 is 6.79 Å². The minimum absolute atomic E-state index is 1.21. The average molecular weight is 140 g/mol. The lowest BCUT2D eigenvalue weighted by Gasteiger charge is -1.80. The molecule has 2 saturated carbocycles. The van der Waals surface area contributed by atoms with Crippen molar-refractivity contribution in [3.63, 3.8) is 0 Å². The van der Waals surface area contributed by atoms with Crippen LogP contribution in [0.2, 0.25) is 0 Å². The first-order valence-corrected chi connectivity index (χ1v) is 3.76. The normalized spacial score (nSPS) is 32.0. The van der Waals surface area contributed by atoms with Crippen molar-refractivity contribution < 1.29 is 4.79 Å². The summed E-state index contributed by atoms with van der Waals surface area (Å²) in [5.74, 6) is 2.43. The second-order valence-electron chi connectivity index (χ2n) is 2.69. The van der Waals surface area contributed by atoms with Gasteiger partial charge in [-0.15, -0.1) is 13.2 Å². The first-order chi connectivity index (χ1) is 4.97. The van der Waals surface area contributed by atoms with Gasteiger partial charge in [-0.2, -0.15) is 0 Å². The van der Waals surface area contributed by atoms with Crippen LogP contribution in [0.1, 0.15) is 25.7 Å². The van der Waals surface area contributed by atoms with Gasteiger partial charge in [0.1, 0.15) is 6.79 Å². The van der Waals surface area contributed by atoms with Gasteiger partial charge in [0.2, 0.25) is 0 Å². The smallest absolute Gasteiger partial charge is 0.106 e. The molecule has 2 rings (SSSR count). The first kappa shape index (κ1) is 9.41. The van der Waals surface area contributed by atoms with Gasteiger partial charge in [0.25, 0.3) is 0 Å². The van der Waals surface area contributed by atoms with Crippen LogP contribution in [0.5, 0.6) is 0 Å². The molecular formula is C9H16O. The SMILES string of the molecule is C1CC2CC2C1.C=C.C=O. The lowest BCUT2D eigenvalue weighted by molar-refractivity contribution is -0.0979. The highest BCUT2D eigenvalue weighted by molar-refractivity contribution is 5.10. The van der Waals surface area contributed by atoms with Crippen LogP contribution < -0.4 is 0 Å². The molecule has 0 aromatic carbocycles. The summed E-state index contributed by atoms with van der Waals surface area (Å²) in [6.45, 7) is 8.00. The summed E-state index contributed by atoms with van der Waals surface area (Å²) in [5.41, 5.74) is 0. The van der Waals surface area contributed by atoms with Gasteiger partial charge in [-0.05, 0) is 18.3 Å². The maximum absolute atomic E-state index is 8.00. The van der Waals surface area contributed by atoms with Gasteiger partial charge in [-0.3, -0.25) is 0 Å². The fraction of sp³-hybridized carbons (Fsp3) is 0.667. The van der Waals surface area contributed by atoms with Crippen LogP contribution in [0.4, 0.5) is 0 Å². The molecule has 2 atom stereocenters. The highest BCUT2D eigenvalue weighted by atomic mass is 16.1. The number of fused-ring (bicyclic) bond motifs is 1. The van der Waals surface area contributed by atoms with E-state index in [-0.39, 0.29) is 0 Å². The number of hydrogen-bond donors (Lipinski definition) is 0. The van der Waals surface area contributed by atoms with Crippen molar-refractivity contribution in [2.24, 2.45) is 11.8 Å². The molecule has 1 heteroatoms. The van der Waals surface area contributed by atoms with Crippen LogP contribution in [0.25, 0.3) is 0 Å². The van der Waals surface area contributed by atoms with E-state index in [1.807, 2.05) is 6.79 Å². The molecule has 0 spiro atoms. The minimum atomic E-state index is 1.21. The summed E-state index contributed by atoms with van der Waals surface area (Å²) < 4.78 is 0. The molecule has 0 aliphatic heterocycles. The number of carbonyl (C=O) groups excluding carboxylic acids is 1. The third-order valence-electron chi connectivity index (χ3n) is 2.22. The molecule has 2 aliphatic carbocycles. The van der Waals surface area contributed by atoms with Crippen molar-refractivity contribution in [2.75, 3.05) is 0 Å². The zero-order chi connectivity index (χ0) is 7.98. The molecule has 0 aromatic heterocycles. The standard InChI is InChI=1S/C6H10.C2H4.CH2O/c1-2-5-4-6(5)3-1;2*1-2/h5-6H,1-4H2;1-2H2;1H2. The Morgan fingerprint density at radius 1 is 1.00 bits per heavy atom. The van der Waals surface area contributed by atoms with Gasteiger partial charge < -0.3 is 4.79 Å². The molecule has 0 N–H and O–H groups in total. The van der Waals surface area contributed by atoms with Gasteiger partial charge in [-0.25, -0.2) is 0 Å². The summed E-state index contributed by atoms with van der Waals surface area (Å²) in [5, 5.41) is 0. The molecule has 2 unspecified atom stereocenters. The average Bonchev–Trinajstić information content (AvgIpc) is 2.67. The molecular weight excluding hydrogens is 124 g/mol. The lowest BCUT2D eigenvalue weighted by atomic mass is 10.3. The predicted molar refractivity (Wildman–Crippen MR) is 43.8 cm³/mol. The lowest BCUT2D eigenvalue weighted by Crippen LogP contribution is -1.64. The summed E-state index contributed by atoms with van der Waals surface area (Å²) in [7, 11) is 0. The van der Waals surface area contributed by atoms with E-state index in [9.17, 15) is 0 Å². The van der Waals surface area contributed by atoms with Crippen molar-refractivity contribution in [3.05, 3.63) is 13.2 Å². The molecule has 0 heterocycles. The highest BCUT2D eigenvalue weighted by Crippen LogP contribution is 2.51. The van der Waals surface area contributed by atoms with Crippen LogP contribution >= 0.6 is 0 Å². The molecule has 0 amide bonds. The maximum atomic E-state index is 8.00. The van der Waals surface area contributed by atoms with Crippen LogP contribution in [-0.4, -0.2) is 6.79 Å². The molecule has 0 radical (unpaired) electrons. The van der Waals surface area contributed by atoms with Gasteiger partial charge in [-0.1, -0.05) is 19.3 Å². The monoisotopic (exact) mass is 140 g/mol. The molecule has 0 bridgehead atoms. The Balaban J connectivity index is 0.000000180. The molecule has 0 saturated heterocycles. The Morgan fingerprint density at radius 3 is 1.50 bits per heavy atom. The zero-order valence-electron chi connectivity index (χ0n) is 6.51. The van der Waals surface area contributed by atoms with E-state index in [0.717, 1.165) is 0 Å². The Labute approximate surface area is 63.1 Å². The molecule has 2 fully saturated rings. The van der Waals surface area contributed by atoms with Crippen molar-refractivity contribution in [3.8, 4) is 0 Å². The third kappa shape index (κ3) is 2.34. The van der Waals surface area contributed by atoms with Gasteiger partial charge in [0.15, 0.2) is 0 Å². The van der Waals surface area contributed by atoms with E-state index in [4.69, 9.17) is 4.79 Å². The van der Waals surface area contributed by atoms with Gasteiger partial charge >= 0.3 is 0 Å². The quantitative estimate of drug-likeness (QED) is 0.472.